The molecule has 0 amide bonds. The van der Waals surface area contributed by atoms with E-state index in [1.165, 1.54) is 16.4 Å². The SMILES string of the molecule is CN1C[C@@H](C2CCCCC2)N(C)S(=O)(=O)c2cc(-c3ccc(Cl)cc3)c(OCC(F)(F)F)cc21. The van der Waals surface area contributed by atoms with Gasteiger partial charge in [0.05, 0.1) is 5.69 Å². The normalized spacial score (nSPS) is 21.7. The zero-order valence-electron chi connectivity index (χ0n) is 19.1. The van der Waals surface area contributed by atoms with Crippen molar-refractivity contribution in [2.24, 2.45) is 5.92 Å². The third-order valence-electron chi connectivity index (χ3n) is 6.80. The molecule has 0 aromatic heterocycles. The fourth-order valence-electron chi connectivity index (χ4n) is 4.98. The molecule has 34 heavy (non-hydrogen) atoms. The van der Waals surface area contributed by atoms with Gasteiger partial charge in [0.1, 0.15) is 10.6 Å². The lowest BCUT2D eigenvalue weighted by Gasteiger charge is -2.36. The van der Waals surface area contributed by atoms with Crippen LogP contribution in [-0.4, -0.2) is 52.2 Å². The summed E-state index contributed by atoms with van der Waals surface area (Å²) in [7, 11) is -0.518. The Morgan fingerprint density at radius 2 is 1.71 bits per heavy atom. The van der Waals surface area contributed by atoms with Crippen molar-refractivity contribution < 1.29 is 26.3 Å². The van der Waals surface area contributed by atoms with E-state index in [9.17, 15) is 21.6 Å². The molecule has 1 fully saturated rings. The number of sulfonamides is 1. The van der Waals surface area contributed by atoms with Crippen molar-refractivity contribution >= 4 is 27.3 Å². The quantitative estimate of drug-likeness (QED) is 0.502. The monoisotopic (exact) mass is 516 g/mol. The summed E-state index contributed by atoms with van der Waals surface area (Å²) in [5.74, 6) is 0.209. The highest BCUT2D eigenvalue weighted by atomic mass is 35.5. The highest BCUT2D eigenvalue weighted by Gasteiger charge is 2.40. The average molecular weight is 517 g/mol. The van der Waals surface area contributed by atoms with Crippen molar-refractivity contribution in [1.29, 1.82) is 0 Å². The van der Waals surface area contributed by atoms with Gasteiger partial charge in [-0.2, -0.15) is 17.5 Å². The first-order valence-electron chi connectivity index (χ1n) is 11.3. The molecule has 1 aliphatic heterocycles. The van der Waals surface area contributed by atoms with Gasteiger partial charge in [-0.15, -0.1) is 0 Å². The summed E-state index contributed by atoms with van der Waals surface area (Å²) in [6.07, 6.45) is 0.688. The van der Waals surface area contributed by atoms with Crippen LogP contribution in [0.25, 0.3) is 11.1 Å². The third-order valence-corrected chi connectivity index (χ3v) is 8.96. The molecule has 1 aliphatic carbocycles. The number of hydrogen-bond acceptors (Lipinski definition) is 4. The van der Waals surface area contributed by atoms with Crippen LogP contribution in [-0.2, 0) is 10.0 Å². The van der Waals surface area contributed by atoms with Gasteiger partial charge in [-0.25, -0.2) is 8.42 Å². The minimum absolute atomic E-state index is 0.0285. The van der Waals surface area contributed by atoms with Crippen LogP contribution in [0.5, 0.6) is 5.75 Å². The number of halogens is 4. The van der Waals surface area contributed by atoms with Gasteiger partial charge in [-0.1, -0.05) is 43.0 Å². The van der Waals surface area contributed by atoms with Gasteiger partial charge in [0.25, 0.3) is 0 Å². The Hall–Kier alpha value is -1.97. The first-order chi connectivity index (χ1) is 16.0. The van der Waals surface area contributed by atoms with Crippen molar-refractivity contribution in [3.05, 3.63) is 41.4 Å². The topological polar surface area (TPSA) is 49.9 Å². The fraction of sp³-hybridized carbons (Fsp3) is 0.500. The molecule has 5 nitrogen and oxygen atoms in total. The molecule has 0 radical (unpaired) electrons. The van der Waals surface area contributed by atoms with Gasteiger partial charge in [-0.05, 0) is 42.5 Å². The Morgan fingerprint density at radius 3 is 2.32 bits per heavy atom. The molecular formula is C24H28ClF3N2O3S. The minimum atomic E-state index is -4.53. The second-order valence-electron chi connectivity index (χ2n) is 9.09. The molecule has 0 N–H and O–H groups in total. The molecule has 10 heteroatoms. The Morgan fingerprint density at radius 1 is 1.06 bits per heavy atom. The predicted octanol–water partition coefficient (Wildman–Crippen LogP) is 5.97. The van der Waals surface area contributed by atoms with Crippen molar-refractivity contribution in [1.82, 2.24) is 4.31 Å². The minimum Gasteiger partial charge on any atom is -0.483 e. The Kier molecular flexibility index (Phi) is 7.09. The maximum atomic E-state index is 13.7. The van der Waals surface area contributed by atoms with Crippen LogP contribution in [0.1, 0.15) is 32.1 Å². The lowest BCUT2D eigenvalue weighted by Crippen LogP contribution is -2.46. The summed E-state index contributed by atoms with van der Waals surface area (Å²) in [6.45, 7) is -1.03. The number of rotatable bonds is 4. The number of anilines is 1. The number of benzene rings is 2. The number of nitrogens with zero attached hydrogens (tertiary/aromatic N) is 2. The molecule has 4 rings (SSSR count). The molecule has 2 aromatic rings. The van der Waals surface area contributed by atoms with Gasteiger partial charge in [0.2, 0.25) is 10.0 Å². The molecule has 2 aromatic carbocycles. The second-order valence-corrected chi connectivity index (χ2v) is 11.5. The standard InChI is InChI=1S/C24H28ClF3N2O3S/c1-29-14-21(17-6-4-3-5-7-17)30(2)34(31,32)23-12-19(16-8-10-18(25)11-9-16)22(13-20(23)29)33-15-24(26,27)28/h8-13,17,21H,3-7,14-15H2,1-2H3/t21-/m0/s1. The van der Waals surface area contributed by atoms with Crippen LogP contribution >= 0.6 is 11.6 Å². The van der Waals surface area contributed by atoms with E-state index in [1.807, 2.05) is 4.90 Å². The van der Waals surface area contributed by atoms with E-state index < -0.39 is 22.8 Å². The van der Waals surface area contributed by atoms with Crippen molar-refractivity contribution in [3.63, 3.8) is 0 Å². The summed E-state index contributed by atoms with van der Waals surface area (Å²) < 4.78 is 73.1. The maximum absolute atomic E-state index is 13.7. The van der Waals surface area contributed by atoms with Crippen LogP contribution in [0.15, 0.2) is 41.3 Å². The van der Waals surface area contributed by atoms with Crippen LogP contribution in [0.3, 0.4) is 0 Å². The van der Waals surface area contributed by atoms with Gasteiger partial charge in [0, 0.05) is 43.3 Å². The molecule has 0 saturated heterocycles. The molecule has 2 aliphatic rings. The van der Waals surface area contributed by atoms with Crippen molar-refractivity contribution in [3.8, 4) is 16.9 Å². The number of alkyl halides is 3. The summed E-state index contributed by atoms with van der Waals surface area (Å²) in [5, 5.41) is 0.457. The van der Waals surface area contributed by atoms with Crippen molar-refractivity contribution in [2.45, 2.75) is 49.2 Å². The second kappa shape index (κ2) is 9.59. The first kappa shape index (κ1) is 25.1. The average Bonchev–Trinajstić information content (AvgIpc) is 2.86. The van der Waals surface area contributed by atoms with Crippen LogP contribution in [0.2, 0.25) is 5.02 Å². The van der Waals surface area contributed by atoms with E-state index in [4.69, 9.17) is 16.3 Å². The summed E-state index contributed by atoms with van der Waals surface area (Å²) in [4.78, 5) is 1.88. The molecule has 186 valence electrons. The van der Waals surface area contributed by atoms with Gasteiger partial charge < -0.3 is 9.64 Å². The van der Waals surface area contributed by atoms with Crippen LogP contribution in [0.4, 0.5) is 18.9 Å². The highest BCUT2D eigenvalue weighted by molar-refractivity contribution is 7.89. The Bertz CT molecular complexity index is 1130. The highest BCUT2D eigenvalue weighted by Crippen LogP contribution is 2.43. The van der Waals surface area contributed by atoms with Crippen molar-refractivity contribution in [2.75, 3.05) is 32.1 Å². The lowest BCUT2D eigenvalue weighted by molar-refractivity contribution is -0.153. The molecular weight excluding hydrogens is 489 g/mol. The first-order valence-corrected chi connectivity index (χ1v) is 13.1. The molecule has 0 bridgehead atoms. The zero-order chi connectivity index (χ0) is 24.7. The largest absolute Gasteiger partial charge is 0.483 e. The van der Waals surface area contributed by atoms with Gasteiger partial charge >= 0.3 is 6.18 Å². The van der Waals surface area contributed by atoms with E-state index in [0.29, 0.717) is 22.8 Å². The zero-order valence-corrected chi connectivity index (χ0v) is 20.7. The smallest absolute Gasteiger partial charge is 0.422 e. The molecule has 0 spiro atoms. The molecule has 1 atom stereocenters. The van der Waals surface area contributed by atoms with E-state index in [0.717, 1.165) is 32.1 Å². The van der Waals surface area contributed by atoms with E-state index in [2.05, 4.69) is 0 Å². The maximum Gasteiger partial charge on any atom is 0.422 e. The number of hydrogen-bond donors (Lipinski definition) is 0. The molecule has 1 heterocycles. The number of fused-ring (bicyclic) bond motifs is 1. The van der Waals surface area contributed by atoms with Gasteiger partial charge in [0.15, 0.2) is 6.61 Å². The molecule has 0 unspecified atom stereocenters. The summed E-state index contributed by atoms with van der Waals surface area (Å²) in [5.41, 5.74) is 1.11. The van der Waals surface area contributed by atoms with Gasteiger partial charge in [-0.3, -0.25) is 0 Å². The molecule has 1 saturated carbocycles. The summed E-state index contributed by atoms with van der Waals surface area (Å²) in [6, 6.07) is 9.08. The Labute approximate surface area is 203 Å². The Balaban J connectivity index is 1.83. The van der Waals surface area contributed by atoms with E-state index >= 15 is 0 Å². The van der Waals surface area contributed by atoms with Crippen LogP contribution in [0, 0.1) is 5.92 Å². The predicted molar refractivity (Wildman–Crippen MR) is 127 cm³/mol. The van der Waals surface area contributed by atoms with E-state index in [1.54, 1.807) is 38.4 Å². The van der Waals surface area contributed by atoms with E-state index in [-0.39, 0.29) is 28.2 Å². The lowest BCUT2D eigenvalue weighted by atomic mass is 9.83. The summed E-state index contributed by atoms with van der Waals surface area (Å²) >= 11 is 5.98. The number of likely N-dealkylation sites (N-methyl/N-ethyl adjacent to an activating group) is 2. The fourth-order valence-corrected chi connectivity index (χ4v) is 6.76. The number of ether oxygens (including phenoxy) is 1. The third kappa shape index (κ3) is 5.16. The van der Waals surface area contributed by atoms with Crippen LogP contribution < -0.4 is 9.64 Å².